The van der Waals surface area contributed by atoms with Crippen molar-refractivity contribution in [3.05, 3.63) is 11.6 Å². The van der Waals surface area contributed by atoms with Crippen LogP contribution in [0.1, 0.15) is 72.6 Å². The highest BCUT2D eigenvalue weighted by Gasteiger charge is 2.53. The lowest BCUT2D eigenvalue weighted by molar-refractivity contribution is -0.151. The number of fused-ring (bicyclic) bond motifs is 2. The quantitative estimate of drug-likeness (QED) is 0.574. The van der Waals surface area contributed by atoms with E-state index in [0.717, 1.165) is 37.5 Å². The normalized spacial score (nSPS) is 34.3. The Morgan fingerprint density at radius 3 is 2.64 bits per heavy atom. The first-order valence-electron chi connectivity index (χ1n) is 9.91. The summed E-state index contributed by atoms with van der Waals surface area (Å²) >= 11 is 0. The van der Waals surface area contributed by atoms with Crippen LogP contribution < -0.4 is 0 Å². The molecule has 0 aromatic heterocycles. The molecule has 4 heteroatoms. The fraction of sp³-hybridized carbons (Fsp3) is 0.810. The zero-order chi connectivity index (χ0) is 18.2. The lowest BCUT2D eigenvalue weighted by Gasteiger charge is -2.55. The lowest BCUT2D eigenvalue weighted by atomic mass is 9.70. The van der Waals surface area contributed by atoms with Gasteiger partial charge in [-0.15, -0.1) is 0 Å². The van der Waals surface area contributed by atoms with E-state index in [4.69, 9.17) is 4.74 Å². The summed E-state index contributed by atoms with van der Waals surface area (Å²) in [5.41, 5.74) is 0.443. The van der Waals surface area contributed by atoms with Crippen LogP contribution in [-0.4, -0.2) is 40.9 Å². The monoisotopic (exact) mass is 347 g/mol. The second-order valence-electron chi connectivity index (χ2n) is 9.24. The van der Waals surface area contributed by atoms with Crippen LogP contribution >= 0.6 is 0 Å². The molecule has 3 rings (SSSR count). The van der Waals surface area contributed by atoms with Gasteiger partial charge in [-0.2, -0.15) is 0 Å². The third-order valence-corrected chi connectivity index (χ3v) is 6.46. The van der Waals surface area contributed by atoms with Crippen molar-refractivity contribution in [1.82, 2.24) is 4.90 Å². The highest BCUT2D eigenvalue weighted by atomic mass is 16.6. The third kappa shape index (κ3) is 3.55. The number of nitrogens with zero attached hydrogens (tertiary/aromatic N) is 1. The first-order chi connectivity index (χ1) is 11.8. The zero-order valence-corrected chi connectivity index (χ0v) is 16.2. The summed E-state index contributed by atoms with van der Waals surface area (Å²) in [6, 6.07) is 0.513. The van der Waals surface area contributed by atoms with Crippen LogP contribution in [0.5, 0.6) is 0 Å². The molecule has 4 atom stereocenters. The lowest BCUT2D eigenvalue weighted by Crippen LogP contribution is -2.61. The van der Waals surface area contributed by atoms with Crippen LogP contribution in [0, 0.1) is 11.8 Å². The molecule has 1 aliphatic carbocycles. The maximum atomic E-state index is 12.6. The molecular weight excluding hydrogens is 314 g/mol. The summed E-state index contributed by atoms with van der Waals surface area (Å²) in [6.07, 6.45) is 11.2. The summed E-state index contributed by atoms with van der Waals surface area (Å²) < 4.78 is 5.61. The molecule has 1 saturated heterocycles. The van der Waals surface area contributed by atoms with Crippen molar-refractivity contribution in [2.24, 2.45) is 11.8 Å². The van der Waals surface area contributed by atoms with Gasteiger partial charge in [0, 0.05) is 29.6 Å². The first-order valence-corrected chi connectivity index (χ1v) is 9.91. The molecule has 0 bridgehead atoms. The Labute approximate surface area is 152 Å². The van der Waals surface area contributed by atoms with Crippen molar-refractivity contribution in [3.63, 3.8) is 0 Å². The number of rotatable bonds is 3. The minimum atomic E-state index is -0.462. The second kappa shape index (κ2) is 6.86. The summed E-state index contributed by atoms with van der Waals surface area (Å²) in [6.45, 7) is 8.50. The predicted molar refractivity (Wildman–Crippen MR) is 98.2 cm³/mol. The Balaban J connectivity index is 1.84. The van der Waals surface area contributed by atoms with Crippen LogP contribution in [0.4, 0.5) is 0 Å². The molecule has 0 aromatic carbocycles. The Morgan fingerprint density at radius 1 is 1.32 bits per heavy atom. The Kier molecular flexibility index (Phi) is 5.11. The number of hydrogen-bond donors (Lipinski definition) is 0. The Bertz CT molecular complexity index is 562. The summed E-state index contributed by atoms with van der Waals surface area (Å²) in [7, 11) is 0. The van der Waals surface area contributed by atoms with Gasteiger partial charge in [0.15, 0.2) is 0 Å². The molecule has 1 saturated carbocycles. The minimum Gasteiger partial charge on any atom is -0.457 e. The molecule has 25 heavy (non-hydrogen) atoms. The van der Waals surface area contributed by atoms with Gasteiger partial charge in [-0.3, -0.25) is 4.90 Å². The van der Waals surface area contributed by atoms with Crippen molar-refractivity contribution in [1.29, 1.82) is 0 Å². The van der Waals surface area contributed by atoms with Gasteiger partial charge in [-0.25, -0.2) is 4.79 Å². The smallest absolute Gasteiger partial charge is 0.335 e. The van der Waals surface area contributed by atoms with Crippen LogP contribution in [-0.2, 0) is 14.3 Å². The van der Waals surface area contributed by atoms with Crippen LogP contribution in [0.3, 0.4) is 0 Å². The van der Waals surface area contributed by atoms with Gasteiger partial charge in [0.05, 0.1) is 0 Å². The average molecular weight is 347 g/mol. The summed E-state index contributed by atoms with van der Waals surface area (Å²) in [5.74, 6) is 0.340. The first kappa shape index (κ1) is 18.6. The SMILES string of the molecule is C[C@@H](C=O)[C@@H]1CCC[C@]12CCC[C@@H]1CC=C(C(=O)OC(C)(C)C)CN12. The van der Waals surface area contributed by atoms with Crippen LogP contribution in [0.2, 0.25) is 0 Å². The van der Waals surface area contributed by atoms with Gasteiger partial charge >= 0.3 is 5.97 Å². The Hall–Kier alpha value is -1.16. The van der Waals surface area contributed by atoms with Gasteiger partial charge in [0.1, 0.15) is 11.9 Å². The van der Waals surface area contributed by atoms with E-state index >= 15 is 0 Å². The molecule has 0 N–H and O–H groups in total. The van der Waals surface area contributed by atoms with E-state index in [1.165, 1.54) is 19.3 Å². The van der Waals surface area contributed by atoms with Crippen LogP contribution in [0.25, 0.3) is 0 Å². The van der Waals surface area contributed by atoms with E-state index in [2.05, 4.69) is 17.9 Å². The molecule has 3 aliphatic rings. The molecule has 2 aliphatic heterocycles. The average Bonchev–Trinajstić information content (AvgIpc) is 2.97. The molecule has 0 amide bonds. The summed E-state index contributed by atoms with van der Waals surface area (Å²) in [5, 5.41) is 0. The molecule has 0 aromatic rings. The highest BCUT2D eigenvalue weighted by molar-refractivity contribution is 5.89. The summed E-state index contributed by atoms with van der Waals surface area (Å²) in [4.78, 5) is 26.7. The topological polar surface area (TPSA) is 46.6 Å². The number of carbonyl (C=O) groups is 2. The molecule has 2 heterocycles. The molecule has 1 spiro atoms. The fourth-order valence-electron chi connectivity index (χ4n) is 5.45. The predicted octanol–water partition coefficient (Wildman–Crippen LogP) is 3.89. The standard InChI is InChI=1S/C21H33NO3/c1-15(14-23)18-8-6-12-21(18)11-5-7-17-10-9-16(13-22(17)21)19(24)25-20(2,3)4/h9,14-15,17-18H,5-8,10-13H2,1-4H3/t15-,17+,18-,21+/m0/s1. The van der Waals surface area contributed by atoms with E-state index in [0.29, 0.717) is 18.5 Å². The number of ether oxygens (including phenoxy) is 1. The van der Waals surface area contributed by atoms with Crippen molar-refractivity contribution < 1.29 is 14.3 Å². The fourth-order valence-corrected chi connectivity index (χ4v) is 5.45. The third-order valence-electron chi connectivity index (χ3n) is 6.46. The van der Waals surface area contributed by atoms with E-state index in [1.807, 2.05) is 20.8 Å². The number of esters is 1. The van der Waals surface area contributed by atoms with Crippen molar-refractivity contribution >= 4 is 12.3 Å². The van der Waals surface area contributed by atoms with Crippen molar-refractivity contribution in [2.75, 3.05) is 6.54 Å². The highest BCUT2D eigenvalue weighted by Crippen LogP contribution is 2.51. The number of aldehydes is 1. The zero-order valence-electron chi connectivity index (χ0n) is 16.2. The largest absolute Gasteiger partial charge is 0.457 e. The molecule has 2 fully saturated rings. The van der Waals surface area contributed by atoms with Crippen molar-refractivity contribution in [2.45, 2.75) is 89.8 Å². The van der Waals surface area contributed by atoms with Gasteiger partial charge in [-0.1, -0.05) is 25.8 Å². The van der Waals surface area contributed by atoms with Gasteiger partial charge in [0.2, 0.25) is 0 Å². The maximum Gasteiger partial charge on any atom is 0.335 e. The van der Waals surface area contributed by atoms with E-state index in [9.17, 15) is 9.59 Å². The number of carbonyl (C=O) groups excluding carboxylic acids is 2. The molecule has 0 radical (unpaired) electrons. The van der Waals surface area contributed by atoms with Crippen molar-refractivity contribution in [3.8, 4) is 0 Å². The molecule has 0 unspecified atom stereocenters. The van der Waals surface area contributed by atoms with E-state index in [-0.39, 0.29) is 17.4 Å². The molecular formula is C21H33NO3. The number of hydrogen-bond acceptors (Lipinski definition) is 4. The molecule has 140 valence electrons. The van der Waals surface area contributed by atoms with Crippen LogP contribution in [0.15, 0.2) is 11.6 Å². The van der Waals surface area contributed by atoms with E-state index in [1.54, 1.807) is 0 Å². The second-order valence-corrected chi connectivity index (χ2v) is 9.24. The van der Waals surface area contributed by atoms with Gasteiger partial charge < -0.3 is 9.53 Å². The Morgan fingerprint density at radius 2 is 2.00 bits per heavy atom. The molecule has 4 nitrogen and oxygen atoms in total. The maximum absolute atomic E-state index is 12.6. The minimum absolute atomic E-state index is 0.0946. The van der Waals surface area contributed by atoms with Gasteiger partial charge in [-0.05, 0) is 58.8 Å². The number of piperidine rings is 1. The van der Waals surface area contributed by atoms with Gasteiger partial charge in [0.25, 0.3) is 0 Å². The van der Waals surface area contributed by atoms with E-state index < -0.39 is 5.60 Å².